The van der Waals surface area contributed by atoms with Gasteiger partial charge in [-0.25, -0.2) is 0 Å². The highest BCUT2D eigenvalue weighted by atomic mass is 32.2. The number of amides is 1. The molecule has 0 saturated carbocycles. The highest BCUT2D eigenvalue weighted by molar-refractivity contribution is 8.14. The first-order valence-electron chi connectivity index (χ1n) is 5.54. The van der Waals surface area contributed by atoms with Gasteiger partial charge in [-0.2, -0.15) is 0 Å². The lowest BCUT2D eigenvalue weighted by Crippen LogP contribution is -2.40. The van der Waals surface area contributed by atoms with Crippen LogP contribution in [0.15, 0.2) is 4.99 Å². The van der Waals surface area contributed by atoms with E-state index in [1.807, 2.05) is 13.8 Å². The van der Waals surface area contributed by atoms with Crippen LogP contribution in [-0.2, 0) is 4.79 Å². The summed E-state index contributed by atoms with van der Waals surface area (Å²) in [6.45, 7) is 8.42. The Balaban J connectivity index is 2.58. The molecule has 0 aromatic carbocycles. The van der Waals surface area contributed by atoms with E-state index in [0.717, 1.165) is 17.3 Å². The average Bonchev–Trinajstić information content (AvgIpc) is 2.58. The fourth-order valence-electron chi connectivity index (χ4n) is 1.18. The SMILES string of the molecule is CCC1(C)CSC(=NCC(C)(C)C(N)=O)N1. The van der Waals surface area contributed by atoms with E-state index >= 15 is 0 Å². The molecule has 1 atom stereocenters. The quantitative estimate of drug-likeness (QED) is 0.783. The molecule has 0 radical (unpaired) electrons. The molecule has 0 aliphatic carbocycles. The van der Waals surface area contributed by atoms with Crippen molar-refractivity contribution in [3.63, 3.8) is 0 Å². The first-order chi connectivity index (χ1) is 7.29. The van der Waals surface area contributed by atoms with Gasteiger partial charge in [0.2, 0.25) is 5.91 Å². The van der Waals surface area contributed by atoms with E-state index in [4.69, 9.17) is 5.73 Å². The third-order valence-electron chi connectivity index (χ3n) is 3.00. The predicted molar refractivity (Wildman–Crippen MR) is 69.6 cm³/mol. The Morgan fingerprint density at radius 2 is 2.31 bits per heavy atom. The molecule has 1 aliphatic heterocycles. The minimum Gasteiger partial charge on any atom is -0.369 e. The van der Waals surface area contributed by atoms with Crippen molar-refractivity contribution in [1.82, 2.24) is 5.32 Å². The maximum atomic E-state index is 11.1. The van der Waals surface area contributed by atoms with Gasteiger partial charge in [-0.15, -0.1) is 0 Å². The molecule has 16 heavy (non-hydrogen) atoms. The average molecular weight is 243 g/mol. The van der Waals surface area contributed by atoms with Gasteiger partial charge in [0.15, 0.2) is 5.17 Å². The number of primary amides is 1. The molecule has 3 N–H and O–H groups in total. The van der Waals surface area contributed by atoms with Crippen LogP contribution in [0.4, 0.5) is 0 Å². The van der Waals surface area contributed by atoms with Crippen molar-refractivity contribution in [1.29, 1.82) is 0 Å². The fourth-order valence-corrected chi connectivity index (χ4v) is 2.39. The topological polar surface area (TPSA) is 67.5 Å². The maximum absolute atomic E-state index is 11.1. The summed E-state index contributed by atoms with van der Waals surface area (Å²) in [5, 5.41) is 4.32. The van der Waals surface area contributed by atoms with Gasteiger partial charge in [0.1, 0.15) is 0 Å². The number of thioether (sulfide) groups is 1. The summed E-state index contributed by atoms with van der Waals surface area (Å²) in [5.41, 5.74) is 4.87. The highest BCUT2D eigenvalue weighted by Crippen LogP contribution is 2.26. The molecule has 1 fully saturated rings. The molecule has 0 aromatic rings. The van der Waals surface area contributed by atoms with Gasteiger partial charge in [0, 0.05) is 11.3 Å². The number of hydrogen-bond donors (Lipinski definition) is 2. The highest BCUT2D eigenvalue weighted by Gasteiger charge is 2.31. The number of hydrogen-bond acceptors (Lipinski definition) is 3. The lowest BCUT2D eigenvalue weighted by Gasteiger charge is -2.21. The van der Waals surface area contributed by atoms with E-state index in [0.29, 0.717) is 6.54 Å². The number of rotatable bonds is 4. The summed E-state index contributed by atoms with van der Waals surface area (Å²) < 4.78 is 0. The molecule has 0 spiro atoms. The minimum absolute atomic E-state index is 0.139. The number of carbonyl (C=O) groups excluding carboxylic acids is 1. The predicted octanol–water partition coefficient (Wildman–Crippen LogP) is 1.36. The van der Waals surface area contributed by atoms with Gasteiger partial charge < -0.3 is 11.1 Å². The number of nitrogens with two attached hydrogens (primary N) is 1. The molecule has 4 nitrogen and oxygen atoms in total. The maximum Gasteiger partial charge on any atom is 0.224 e. The van der Waals surface area contributed by atoms with E-state index in [9.17, 15) is 4.79 Å². The smallest absolute Gasteiger partial charge is 0.224 e. The van der Waals surface area contributed by atoms with Crippen LogP contribution in [0.2, 0.25) is 0 Å². The number of nitrogens with zero attached hydrogens (tertiary/aromatic N) is 1. The van der Waals surface area contributed by atoms with Crippen molar-refractivity contribution in [2.75, 3.05) is 12.3 Å². The number of aliphatic imine (C=N–C) groups is 1. The van der Waals surface area contributed by atoms with Gasteiger partial charge in [0.05, 0.1) is 12.0 Å². The number of amidine groups is 1. The van der Waals surface area contributed by atoms with Gasteiger partial charge >= 0.3 is 0 Å². The molecule has 5 heteroatoms. The Kier molecular flexibility index (Phi) is 3.88. The van der Waals surface area contributed by atoms with Crippen molar-refractivity contribution in [2.24, 2.45) is 16.1 Å². The molecule has 1 saturated heterocycles. The van der Waals surface area contributed by atoms with Gasteiger partial charge in [-0.1, -0.05) is 18.7 Å². The summed E-state index contributed by atoms with van der Waals surface area (Å²) >= 11 is 1.71. The van der Waals surface area contributed by atoms with E-state index in [1.165, 1.54) is 0 Å². The van der Waals surface area contributed by atoms with E-state index in [1.54, 1.807) is 11.8 Å². The Hall–Kier alpha value is -0.710. The summed E-state index contributed by atoms with van der Waals surface area (Å²) in [5.74, 6) is 0.720. The van der Waals surface area contributed by atoms with Crippen LogP contribution in [0, 0.1) is 5.41 Å². The number of nitrogens with one attached hydrogen (secondary N) is 1. The Morgan fingerprint density at radius 3 is 2.75 bits per heavy atom. The van der Waals surface area contributed by atoms with Gasteiger partial charge in [0.25, 0.3) is 0 Å². The van der Waals surface area contributed by atoms with Crippen LogP contribution in [0.5, 0.6) is 0 Å². The molecule has 0 bridgehead atoms. The summed E-state index contributed by atoms with van der Waals surface area (Å²) in [4.78, 5) is 15.6. The van der Waals surface area contributed by atoms with Crippen LogP contribution in [0.1, 0.15) is 34.1 Å². The lowest BCUT2D eigenvalue weighted by atomic mass is 9.93. The van der Waals surface area contributed by atoms with E-state index in [2.05, 4.69) is 24.2 Å². The second-order valence-electron chi connectivity index (χ2n) is 5.20. The molecule has 1 aliphatic rings. The molecule has 92 valence electrons. The second kappa shape index (κ2) is 4.65. The van der Waals surface area contributed by atoms with Crippen LogP contribution >= 0.6 is 11.8 Å². The lowest BCUT2D eigenvalue weighted by molar-refractivity contribution is -0.125. The third kappa shape index (κ3) is 3.14. The Bertz CT molecular complexity index is 314. The molecule has 1 rings (SSSR count). The molecule has 1 heterocycles. The van der Waals surface area contributed by atoms with Gasteiger partial charge in [-0.05, 0) is 27.2 Å². The van der Waals surface area contributed by atoms with Crippen LogP contribution < -0.4 is 11.1 Å². The van der Waals surface area contributed by atoms with Gasteiger partial charge in [-0.3, -0.25) is 9.79 Å². The standard InChI is InChI=1S/C11H21N3OS/c1-5-11(4)7-16-9(14-11)13-6-10(2,3)8(12)15/h5-7H2,1-4H3,(H2,12,15)(H,13,14). The molecular formula is C11H21N3OS. The molecule has 1 unspecified atom stereocenters. The Labute approximate surface area is 101 Å². The largest absolute Gasteiger partial charge is 0.369 e. The molecular weight excluding hydrogens is 222 g/mol. The van der Waals surface area contributed by atoms with Crippen molar-refractivity contribution in [3.8, 4) is 0 Å². The zero-order chi connectivity index (χ0) is 12.4. The van der Waals surface area contributed by atoms with Crippen molar-refractivity contribution < 1.29 is 4.79 Å². The summed E-state index contributed by atoms with van der Waals surface area (Å²) in [6, 6.07) is 0. The van der Waals surface area contributed by atoms with E-state index < -0.39 is 5.41 Å². The summed E-state index contributed by atoms with van der Waals surface area (Å²) in [7, 11) is 0. The fraction of sp³-hybridized carbons (Fsp3) is 0.818. The second-order valence-corrected chi connectivity index (χ2v) is 6.16. The molecule has 0 aromatic heterocycles. The normalized spacial score (nSPS) is 28.1. The van der Waals surface area contributed by atoms with E-state index in [-0.39, 0.29) is 11.4 Å². The van der Waals surface area contributed by atoms with Crippen molar-refractivity contribution in [2.45, 2.75) is 39.7 Å². The third-order valence-corrected chi connectivity index (χ3v) is 4.29. The zero-order valence-electron chi connectivity index (χ0n) is 10.5. The van der Waals surface area contributed by atoms with Crippen molar-refractivity contribution in [3.05, 3.63) is 0 Å². The first-order valence-corrected chi connectivity index (χ1v) is 6.53. The minimum atomic E-state index is -0.569. The molecule has 1 amide bonds. The first kappa shape index (κ1) is 13.4. The van der Waals surface area contributed by atoms with Crippen LogP contribution in [-0.4, -0.2) is 28.9 Å². The monoisotopic (exact) mass is 243 g/mol. The Morgan fingerprint density at radius 1 is 1.69 bits per heavy atom. The number of carbonyl (C=O) groups is 1. The summed E-state index contributed by atoms with van der Waals surface area (Å²) in [6.07, 6.45) is 1.07. The zero-order valence-corrected chi connectivity index (χ0v) is 11.3. The van der Waals surface area contributed by atoms with Crippen LogP contribution in [0.25, 0.3) is 0 Å². The van der Waals surface area contributed by atoms with Crippen molar-refractivity contribution >= 4 is 22.8 Å². The van der Waals surface area contributed by atoms with Crippen LogP contribution in [0.3, 0.4) is 0 Å².